The second kappa shape index (κ2) is 9.04. The number of anilines is 1. The lowest BCUT2D eigenvalue weighted by molar-refractivity contribution is -0.118. The average molecular weight is 333 g/mol. The highest BCUT2D eigenvalue weighted by atomic mass is 16.5. The number of nitrogens with zero attached hydrogens (tertiary/aromatic N) is 1. The number of nitrogens with two attached hydrogens (primary N) is 1. The summed E-state index contributed by atoms with van der Waals surface area (Å²) in [7, 11) is 4.03. The molecule has 0 atom stereocenters. The third-order valence-electron chi connectivity index (χ3n) is 4.83. The maximum atomic E-state index is 12.4. The van der Waals surface area contributed by atoms with E-state index in [2.05, 4.69) is 10.2 Å². The number of carbonyl (C=O) groups is 1. The normalized spacial score (nSPS) is 16.8. The smallest absolute Gasteiger partial charge is 0.224 e. The highest BCUT2D eigenvalue weighted by Crippen LogP contribution is 2.38. The minimum atomic E-state index is -0.00242. The summed E-state index contributed by atoms with van der Waals surface area (Å²) in [6.07, 6.45) is 6.28. The number of rotatable bonds is 8. The molecule has 1 aliphatic carbocycles. The van der Waals surface area contributed by atoms with Crippen molar-refractivity contribution in [2.45, 2.75) is 38.5 Å². The number of amides is 1. The fourth-order valence-corrected chi connectivity index (χ4v) is 3.28. The molecule has 0 unspecified atom stereocenters. The SMILES string of the molecule is CN(C)CCOc1ccc(NC(=O)CC2(CN)CCCCC2)cc1. The van der Waals surface area contributed by atoms with Gasteiger partial charge in [0.2, 0.25) is 5.91 Å². The number of benzene rings is 1. The van der Waals surface area contributed by atoms with Crippen LogP contribution in [0.4, 0.5) is 5.69 Å². The predicted octanol–water partition coefficient (Wildman–Crippen LogP) is 2.86. The summed E-state index contributed by atoms with van der Waals surface area (Å²) >= 11 is 0. The van der Waals surface area contributed by atoms with Gasteiger partial charge in [0.1, 0.15) is 12.4 Å². The number of ether oxygens (including phenoxy) is 1. The van der Waals surface area contributed by atoms with Crippen LogP contribution in [0.1, 0.15) is 38.5 Å². The van der Waals surface area contributed by atoms with Crippen molar-refractivity contribution < 1.29 is 9.53 Å². The molecular weight excluding hydrogens is 302 g/mol. The molecule has 1 fully saturated rings. The Morgan fingerprint density at radius 2 is 1.88 bits per heavy atom. The molecule has 0 heterocycles. The summed E-state index contributed by atoms with van der Waals surface area (Å²) in [5, 5.41) is 2.99. The minimum Gasteiger partial charge on any atom is -0.492 e. The average Bonchev–Trinajstić information content (AvgIpc) is 2.57. The second-order valence-corrected chi connectivity index (χ2v) is 7.17. The van der Waals surface area contributed by atoms with Crippen LogP contribution in [0.2, 0.25) is 0 Å². The predicted molar refractivity (Wildman–Crippen MR) is 98.3 cm³/mol. The first-order chi connectivity index (χ1) is 11.5. The molecule has 0 radical (unpaired) electrons. The van der Waals surface area contributed by atoms with Gasteiger partial charge in [-0.25, -0.2) is 0 Å². The molecule has 1 saturated carbocycles. The standard InChI is InChI=1S/C19H31N3O2/c1-22(2)12-13-24-17-8-6-16(7-9-17)21-18(23)14-19(15-20)10-4-3-5-11-19/h6-9H,3-5,10-15,20H2,1-2H3,(H,21,23). The Kier molecular flexibility index (Phi) is 7.06. The van der Waals surface area contributed by atoms with Gasteiger partial charge in [0, 0.05) is 18.7 Å². The van der Waals surface area contributed by atoms with Crippen LogP contribution in [0.15, 0.2) is 24.3 Å². The third kappa shape index (κ3) is 5.80. The van der Waals surface area contributed by atoms with E-state index in [1.807, 2.05) is 38.4 Å². The largest absolute Gasteiger partial charge is 0.492 e. The molecule has 0 aromatic heterocycles. The van der Waals surface area contributed by atoms with E-state index in [9.17, 15) is 4.79 Å². The van der Waals surface area contributed by atoms with Gasteiger partial charge in [-0.15, -0.1) is 0 Å². The summed E-state index contributed by atoms with van der Waals surface area (Å²) < 4.78 is 5.66. The van der Waals surface area contributed by atoms with Crippen molar-refractivity contribution in [1.82, 2.24) is 4.90 Å². The molecule has 0 spiro atoms. The number of hydrogen-bond acceptors (Lipinski definition) is 4. The molecule has 1 amide bonds. The van der Waals surface area contributed by atoms with E-state index in [1.165, 1.54) is 19.3 Å². The summed E-state index contributed by atoms with van der Waals surface area (Å²) in [5.41, 5.74) is 6.77. The Labute approximate surface area is 145 Å². The molecule has 5 heteroatoms. The van der Waals surface area contributed by atoms with E-state index in [1.54, 1.807) is 0 Å². The molecule has 3 N–H and O–H groups in total. The number of carbonyl (C=O) groups excluding carboxylic acids is 1. The van der Waals surface area contributed by atoms with E-state index in [4.69, 9.17) is 10.5 Å². The van der Waals surface area contributed by atoms with Gasteiger partial charge in [0.15, 0.2) is 0 Å². The molecule has 1 aliphatic rings. The Hall–Kier alpha value is -1.59. The van der Waals surface area contributed by atoms with Crippen molar-refractivity contribution in [3.05, 3.63) is 24.3 Å². The first-order valence-corrected chi connectivity index (χ1v) is 8.90. The van der Waals surface area contributed by atoms with E-state index in [0.29, 0.717) is 19.6 Å². The van der Waals surface area contributed by atoms with Gasteiger partial charge < -0.3 is 20.7 Å². The zero-order valence-electron chi connectivity index (χ0n) is 15.0. The minimum absolute atomic E-state index is 0.00242. The molecule has 2 rings (SSSR count). The molecule has 1 aromatic carbocycles. The zero-order chi connectivity index (χ0) is 17.4. The zero-order valence-corrected chi connectivity index (χ0v) is 15.0. The van der Waals surface area contributed by atoms with Crippen LogP contribution in [0.25, 0.3) is 0 Å². The van der Waals surface area contributed by atoms with Crippen molar-refractivity contribution in [3.8, 4) is 5.75 Å². The van der Waals surface area contributed by atoms with Crippen molar-refractivity contribution in [2.75, 3.05) is 39.1 Å². The Morgan fingerprint density at radius 3 is 2.46 bits per heavy atom. The molecular formula is C19H31N3O2. The Morgan fingerprint density at radius 1 is 1.21 bits per heavy atom. The molecule has 134 valence electrons. The van der Waals surface area contributed by atoms with Crippen molar-refractivity contribution in [3.63, 3.8) is 0 Å². The second-order valence-electron chi connectivity index (χ2n) is 7.17. The fraction of sp³-hybridized carbons (Fsp3) is 0.632. The van der Waals surface area contributed by atoms with Crippen molar-refractivity contribution >= 4 is 11.6 Å². The summed E-state index contributed by atoms with van der Waals surface area (Å²) in [6.45, 7) is 2.12. The van der Waals surface area contributed by atoms with Gasteiger partial charge in [-0.2, -0.15) is 0 Å². The highest BCUT2D eigenvalue weighted by molar-refractivity contribution is 5.91. The summed E-state index contributed by atoms with van der Waals surface area (Å²) in [4.78, 5) is 14.4. The summed E-state index contributed by atoms with van der Waals surface area (Å²) in [6, 6.07) is 7.56. The third-order valence-corrected chi connectivity index (χ3v) is 4.83. The maximum Gasteiger partial charge on any atom is 0.224 e. The van der Waals surface area contributed by atoms with Crippen LogP contribution in [-0.4, -0.2) is 44.6 Å². The topological polar surface area (TPSA) is 67.6 Å². The Bertz CT molecular complexity index is 508. The van der Waals surface area contributed by atoms with Crippen LogP contribution in [-0.2, 0) is 4.79 Å². The van der Waals surface area contributed by atoms with Gasteiger partial charge in [0.25, 0.3) is 0 Å². The Balaban J connectivity index is 1.83. The quantitative estimate of drug-likeness (QED) is 0.767. The lowest BCUT2D eigenvalue weighted by Gasteiger charge is -2.35. The lowest BCUT2D eigenvalue weighted by atomic mass is 9.71. The van der Waals surface area contributed by atoms with Gasteiger partial charge in [-0.05, 0) is 63.2 Å². The van der Waals surface area contributed by atoms with Gasteiger partial charge in [-0.3, -0.25) is 4.79 Å². The van der Waals surface area contributed by atoms with E-state index < -0.39 is 0 Å². The maximum absolute atomic E-state index is 12.4. The van der Waals surface area contributed by atoms with E-state index in [-0.39, 0.29) is 11.3 Å². The molecule has 0 bridgehead atoms. The van der Waals surface area contributed by atoms with Gasteiger partial charge in [0.05, 0.1) is 0 Å². The highest BCUT2D eigenvalue weighted by Gasteiger charge is 2.32. The van der Waals surface area contributed by atoms with Crippen LogP contribution in [0.3, 0.4) is 0 Å². The lowest BCUT2D eigenvalue weighted by Crippen LogP contribution is -2.36. The number of hydrogen-bond donors (Lipinski definition) is 2. The van der Waals surface area contributed by atoms with Crippen molar-refractivity contribution in [1.29, 1.82) is 0 Å². The van der Waals surface area contributed by atoms with Crippen LogP contribution in [0, 0.1) is 5.41 Å². The first kappa shape index (κ1) is 18.7. The van der Waals surface area contributed by atoms with Crippen LogP contribution < -0.4 is 15.8 Å². The number of nitrogens with one attached hydrogen (secondary N) is 1. The van der Waals surface area contributed by atoms with E-state index >= 15 is 0 Å². The monoisotopic (exact) mass is 333 g/mol. The molecule has 0 saturated heterocycles. The number of likely N-dealkylation sites (N-methyl/N-ethyl adjacent to an activating group) is 1. The first-order valence-electron chi connectivity index (χ1n) is 8.90. The molecule has 0 aliphatic heterocycles. The van der Waals surface area contributed by atoms with Crippen molar-refractivity contribution in [2.24, 2.45) is 11.1 Å². The van der Waals surface area contributed by atoms with Crippen LogP contribution >= 0.6 is 0 Å². The van der Waals surface area contributed by atoms with E-state index in [0.717, 1.165) is 30.8 Å². The molecule has 1 aromatic rings. The summed E-state index contributed by atoms with van der Waals surface area (Å²) in [5.74, 6) is 0.879. The van der Waals surface area contributed by atoms with Crippen LogP contribution in [0.5, 0.6) is 5.75 Å². The van der Waals surface area contributed by atoms with Gasteiger partial charge >= 0.3 is 0 Å². The molecule has 5 nitrogen and oxygen atoms in total. The fourth-order valence-electron chi connectivity index (χ4n) is 3.28. The van der Waals surface area contributed by atoms with Gasteiger partial charge in [-0.1, -0.05) is 19.3 Å². The molecule has 24 heavy (non-hydrogen) atoms.